The summed E-state index contributed by atoms with van der Waals surface area (Å²) in [7, 11) is 0. The van der Waals surface area contributed by atoms with E-state index in [0.717, 1.165) is 11.4 Å². The van der Waals surface area contributed by atoms with Gasteiger partial charge in [-0.15, -0.1) is 0 Å². The van der Waals surface area contributed by atoms with Crippen LogP contribution in [0.15, 0.2) is 528 Å². The molecule has 0 saturated heterocycles. The zero-order valence-corrected chi connectivity index (χ0v) is 74.1. The van der Waals surface area contributed by atoms with Gasteiger partial charge in [-0.2, -0.15) is 0 Å². The van der Waals surface area contributed by atoms with Gasteiger partial charge < -0.3 is 13.7 Å². The van der Waals surface area contributed by atoms with Crippen molar-refractivity contribution >= 4 is 130 Å². The molecule has 27 aromatic rings. The average molecular weight is 1720 g/mol. The van der Waals surface area contributed by atoms with E-state index in [1.54, 1.807) is 0 Å². The van der Waals surface area contributed by atoms with Gasteiger partial charge in [0.1, 0.15) is 0 Å². The van der Waals surface area contributed by atoms with Gasteiger partial charge in [0.25, 0.3) is 0 Å². The van der Waals surface area contributed by atoms with E-state index in [1.807, 2.05) is 0 Å². The van der Waals surface area contributed by atoms with Crippen LogP contribution in [-0.2, 0) is 0 Å². The van der Waals surface area contributed by atoms with Crippen LogP contribution in [0.25, 0.3) is 247 Å². The number of rotatable bonds is 12. The quantitative estimate of drug-likeness (QED) is 0.108. The van der Waals surface area contributed by atoms with E-state index >= 15 is 0 Å². The predicted molar refractivity (Wildman–Crippen MR) is 576 cm³/mol. The third-order valence-electron chi connectivity index (χ3n) is 27.6. The second-order valence-corrected chi connectivity index (χ2v) is 35.1. The number of benzene rings is 24. The van der Waals surface area contributed by atoms with Gasteiger partial charge in [0.15, 0.2) is 0 Å². The maximum absolute atomic E-state index is 2.42. The fraction of sp³-hybridized carbons (Fsp3) is 0. The van der Waals surface area contributed by atoms with Gasteiger partial charge in [-0.3, -0.25) is 0 Å². The van der Waals surface area contributed by atoms with Crippen molar-refractivity contribution in [3.8, 4) is 117 Å². The van der Waals surface area contributed by atoms with Crippen LogP contribution in [0, 0.1) is 0 Å². The van der Waals surface area contributed by atoms with Crippen LogP contribution in [0.4, 0.5) is 0 Å². The van der Waals surface area contributed by atoms with E-state index in [0.29, 0.717) is 0 Å². The summed E-state index contributed by atoms with van der Waals surface area (Å²) in [6, 6.07) is 192. The lowest BCUT2D eigenvalue weighted by Crippen LogP contribution is -1.95. The minimum Gasteiger partial charge on any atom is -0.309 e. The normalized spacial score (nSPS) is 11.6. The second-order valence-electron chi connectivity index (χ2n) is 35.1. The summed E-state index contributed by atoms with van der Waals surface area (Å²) in [5.74, 6) is 0. The number of aromatic nitrogens is 3. The average Bonchev–Trinajstić information content (AvgIpc) is 1.66. The Morgan fingerprint density at radius 1 is 0.0889 bits per heavy atom. The molecule has 3 heterocycles. The van der Waals surface area contributed by atoms with Crippen LogP contribution in [0.5, 0.6) is 0 Å². The molecule has 3 aromatic heterocycles. The first-order valence-corrected chi connectivity index (χ1v) is 46.6. The zero-order chi connectivity index (χ0) is 89.2. The van der Waals surface area contributed by atoms with Crippen LogP contribution in [-0.4, -0.2) is 13.7 Å². The Labute approximate surface area is 783 Å². The Balaban J connectivity index is 0.000000109. The summed E-state index contributed by atoms with van der Waals surface area (Å²) in [6.07, 6.45) is 0. The Morgan fingerprint density at radius 3 is 0.437 bits per heavy atom. The summed E-state index contributed by atoms with van der Waals surface area (Å²) in [5.41, 5.74) is 33.2. The van der Waals surface area contributed by atoms with Crippen LogP contribution in [0.3, 0.4) is 0 Å². The van der Waals surface area contributed by atoms with Gasteiger partial charge in [-0.25, -0.2) is 0 Å². The fourth-order valence-corrected chi connectivity index (χ4v) is 21.6. The highest BCUT2D eigenvalue weighted by Gasteiger charge is 2.24. The minimum absolute atomic E-state index is 1.15. The van der Waals surface area contributed by atoms with Crippen molar-refractivity contribution in [3.63, 3.8) is 0 Å². The van der Waals surface area contributed by atoms with Gasteiger partial charge >= 0.3 is 0 Å². The summed E-state index contributed by atoms with van der Waals surface area (Å²) in [4.78, 5) is 0. The van der Waals surface area contributed by atoms with E-state index in [1.165, 1.54) is 236 Å². The van der Waals surface area contributed by atoms with Crippen LogP contribution < -0.4 is 0 Å². The van der Waals surface area contributed by atoms with Crippen molar-refractivity contribution in [2.45, 2.75) is 0 Å². The van der Waals surface area contributed by atoms with E-state index in [2.05, 4.69) is 541 Å². The summed E-state index contributed by atoms with van der Waals surface area (Å²) >= 11 is 0. The number of nitrogens with zero attached hydrogens (tertiary/aromatic N) is 3. The lowest BCUT2D eigenvalue weighted by atomic mass is 9.86. The Hall–Kier alpha value is -17.8. The Morgan fingerprint density at radius 2 is 0.230 bits per heavy atom. The highest BCUT2D eigenvalue weighted by atomic mass is 15.0. The highest BCUT2D eigenvalue weighted by molar-refractivity contribution is 6.25. The molecule has 24 aromatic carbocycles. The lowest BCUT2D eigenvalue weighted by Gasteiger charge is -2.18. The predicted octanol–water partition coefficient (Wildman–Crippen LogP) is 36.3. The second kappa shape index (κ2) is 33.9. The highest BCUT2D eigenvalue weighted by Crippen LogP contribution is 2.50. The number of fused-ring (bicyclic) bond motifs is 15. The number of para-hydroxylation sites is 3. The van der Waals surface area contributed by atoms with E-state index in [-0.39, 0.29) is 0 Å². The van der Waals surface area contributed by atoms with E-state index in [4.69, 9.17) is 0 Å². The van der Waals surface area contributed by atoms with Crippen molar-refractivity contribution in [2.24, 2.45) is 0 Å². The number of hydrogen-bond donors (Lipinski definition) is 0. The van der Waals surface area contributed by atoms with Crippen LogP contribution in [0.1, 0.15) is 0 Å². The first kappa shape index (κ1) is 79.4. The van der Waals surface area contributed by atoms with Gasteiger partial charge in [0.05, 0.1) is 33.1 Å². The van der Waals surface area contributed by atoms with Crippen molar-refractivity contribution in [1.29, 1.82) is 0 Å². The smallest absolute Gasteiger partial charge is 0.0541 e. The standard InChI is InChI=1S/C50H33N.C44H29N.C38H25N/c1-4-14-34(15-5-1)38-26-30-47-45(32-38)46-33-39(35-16-6-2-7-17-35)27-31-48(46)51(47)40-28-24-37(25-29-40)50-43-22-12-10-20-41(43)49(36-18-8-3-9-19-36)42-21-11-13-23-44(42)50;1-3-13-30(14-4-1)33-25-28-42-40(29-33)35-17-11-12-22-41(35)45(42)34-26-23-32(24-27-34)44-38-20-9-7-18-36(38)43(31-15-5-2-6-16-31)37-19-8-10-21-39(37)44;1-2-12-26(13-3-1)37-31-16-4-6-18-33(31)38(34-19-7-5-17-32(34)37)27-22-24-28(25-23-27)39-35-20-10-8-14-29(35)30-15-9-11-21-36(30)39/h1-33H;1-29H;1-25H. The summed E-state index contributed by atoms with van der Waals surface area (Å²) < 4.78 is 7.20. The van der Waals surface area contributed by atoms with E-state index < -0.39 is 0 Å². The Kier molecular flexibility index (Phi) is 20.0. The third-order valence-corrected chi connectivity index (χ3v) is 27.6. The maximum Gasteiger partial charge on any atom is 0.0541 e. The van der Waals surface area contributed by atoms with Gasteiger partial charge in [0, 0.05) is 49.4 Å². The van der Waals surface area contributed by atoms with Crippen LogP contribution >= 0.6 is 0 Å². The maximum atomic E-state index is 2.42. The molecule has 3 nitrogen and oxygen atoms in total. The minimum atomic E-state index is 1.15. The molecular weight excluding hydrogens is 1630 g/mol. The summed E-state index contributed by atoms with van der Waals surface area (Å²) in [5, 5.41) is 22.9. The number of hydrogen-bond acceptors (Lipinski definition) is 0. The third kappa shape index (κ3) is 13.9. The molecule has 0 saturated carbocycles. The molecule has 0 aliphatic heterocycles. The lowest BCUT2D eigenvalue weighted by molar-refractivity contribution is 1.18. The topological polar surface area (TPSA) is 14.8 Å². The molecule has 0 aliphatic carbocycles. The molecule has 3 heteroatoms. The first-order chi connectivity index (χ1) is 67.0. The van der Waals surface area contributed by atoms with Crippen molar-refractivity contribution in [1.82, 2.24) is 13.7 Å². The molecule has 135 heavy (non-hydrogen) atoms. The molecule has 27 rings (SSSR count). The molecule has 630 valence electrons. The Bertz CT molecular complexity index is 8900. The van der Waals surface area contributed by atoms with Gasteiger partial charge in [0.2, 0.25) is 0 Å². The molecule has 0 unspecified atom stereocenters. The molecule has 0 spiro atoms. The monoisotopic (exact) mass is 1710 g/mol. The largest absolute Gasteiger partial charge is 0.309 e. The molecule has 0 N–H and O–H groups in total. The zero-order valence-electron chi connectivity index (χ0n) is 74.1. The van der Waals surface area contributed by atoms with Crippen molar-refractivity contribution in [2.75, 3.05) is 0 Å². The molecule has 0 aliphatic rings. The molecule has 0 fully saturated rings. The molecule has 0 atom stereocenters. The SMILES string of the molecule is c1ccc(-c2c3ccccc3c(-c3ccc(-n4c5ccccc5c5ccccc54)cc3)c3ccccc23)cc1.c1ccc(-c2ccc3c(c2)c2cc(-c4ccccc4)ccc2n3-c2ccc(-c3c4ccccc4c(-c4ccccc4)c4ccccc34)cc2)cc1.c1ccc(-c2ccc3c(c2)c2ccccc2n3-c2ccc(-c3c4ccccc4c(-c4ccccc4)c4ccccc34)cc2)cc1. The molecule has 0 radical (unpaired) electrons. The van der Waals surface area contributed by atoms with Gasteiger partial charge in [-0.05, 0) is 256 Å². The molecular formula is C132H87N3. The molecule has 0 amide bonds. The van der Waals surface area contributed by atoms with Crippen molar-refractivity contribution < 1.29 is 0 Å². The molecule has 0 bridgehead atoms. The first-order valence-electron chi connectivity index (χ1n) is 46.6. The fourth-order valence-electron chi connectivity index (χ4n) is 21.6. The van der Waals surface area contributed by atoms with Gasteiger partial charge in [-0.1, -0.05) is 437 Å². The summed E-state index contributed by atoms with van der Waals surface area (Å²) in [6.45, 7) is 0. The van der Waals surface area contributed by atoms with E-state index in [9.17, 15) is 0 Å². The van der Waals surface area contributed by atoms with Crippen LogP contribution in [0.2, 0.25) is 0 Å². The van der Waals surface area contributed by atoms with Crippen molar-refractivity contribution in [3.05, 3.63) is 528 Å².